The molecule has 2 rings (SSSR count). The molecule has 2 heterocycles. The molecule has 0 aromatic carbocycles. The quantitative estimate of drug-likeness (QED) is 0.818. The third-order valence-electron chi connectivity index (χ3n) is 3.40. The fourth-order valence-corrected chi connectivity index (χ4v) is 2.54. The van der Waals surface area contributed by atoms with Crippen LogP contribution in [0.4, 0.5) is 11.5 Å². The van der Waals surface area contributed by atoms with Crippen LogP contribution in [0.25, 0.3) is 0 Å². The Kier molecular flexibility index (Phi) is 4.20. The molecule has 0 spiro atoms. The molecule has 0 saturated carbocycles. The number of rotatable bonds is 5. The Hall–Kier alpha value is -1.29. The van der Waals surface area contributed by atoms with E-state index in [0.717, 1.165) is 25.2 Å². The Morgan fingerprint density at radius 2 is 2.47 bits per heavy atom. The summed E-state index contributed by atoms with van der Waals surface area (Å²) in [7, 11) is 1.89. The number of aliphatic hydroxyl groups excluding tert-OH is 1. The van der Waals surface area contributed by atoms with Gasteiger partial charge in [0.15, 0.2) is 0 Å². The summed E-state index contributed by atoms with van der Waals surface area (Å²) in [6.45, 7) is 1.41. The van der Waals surface area contributed by atoms with Gasteiger partial charge in [0.2, 0.25) is 0 Å². The van der Waals surface area contributed by atoms with Crippen LogP contribution in [0.1, 0.15) is 25.7 Å². The summed E-state index contributed by atoms with van der Waals surface area (Å²) in [6.07, 6.45) is 6.30. The van der Waals surface area contributed by atoms with E-state index in [1.165, 1.54) is 18.5 Å². The lowest BCUT2D eigenvalue weighted by atomic mass is 10.1. The van der Waals surface area contributed by atoms with Gasteiger partial charge in [0.1, 0.15) is 5.82 Å². The van der Waals surface area contributed by atoms with E-state index in [4.69, 9.17) is 5.11 Å². The number of aromatic nitrogens is 1. The van der Waals surface area contributed by atoms with Crippen LogP contribution in [0.15, 0.2) is 18.3 Å². The van der Waals surface area contributed by atoms with Crippen molar-refractivity contribution in [3.8, 4) is 0 Å². The van der Waals surface area contributed by atoms with Crippen LogP contribution >= 0.6 is 0 Å². The molecule has 4 heteroatoms. The van der Waals surface area contributed by atoms with Crippen molar-refractivity contribution in [2.45, 2.75) is 31.7 Å². The number of nitrogens with one attached hydrogen (secondary N) is 1. The number of anilines is 2. The molecule has 1 aliphatic rings. The van der Waals surface area contributed by atoms with Crippen LogP contribution in [0, 0.1) is 0 Å². The maximum Gasteiger partial charge on any atom is 0.127 e. The van der Waals surface area contributed by atoms with Gasteiger partial charge in [-0.15, -0.1) is 0 Å². The molecule has 1 fully saturated rings. The van der Waals surface area contributed by atoms with E-state index in [0.29, 0.717) is 12.6 Å². The SMILES string of the molecule is CNc1cc(N2CCCC2CCCO)ccn1. The molecule has 4 nitrogen and oxygen atoms in total. The molecule has 1 aromatic rings. The van der Waals surface area contributed by atoms with E-state index < -0.39 is 0 Å². The highest BCUT2D eigenvalue weighted by molar-refractivity contribution is 5.54. The standard InChI is InChI=1S/C13H21N3O/c1-14-13-10-12(6-7-15-13)16-8-2-4-11(16)5-3-9-17/h6-7,10-11,17H,2-5,8-9H2,1H3,(H,14,15). The second-order valence-electron chi connectivity index (χ2n) is 4.50. The Labute approximate surface area is 103 Å². The fourth-order valence-electron chi connectivity index (χ4n) is 2.54. The van der Waals surface area contributed by atoms with Crippen molar-refractivity contribution in [3.63, 3.8) is 0 Å². The summed E-state index contributed by atoms with van der Waals surface area (Å²) in [6, 6.07) is 4.74. The maximum absolute atomic E-state index is 8.93. The summed E-state index contributed by atoms with van der Waals surface area (Å²) < 4.78 is 0. The average molecular weight is 235 g/mol. The van der Waals surface area contributed by atoms with E-state index in [-0.39, 0.29) is 0 Å². The van der Waals surface area contributed by atoms with E-state index in [1.54, 1.807) is 0 Å². The zero-order chi connectivity index (χ0) is 12.1. The van der Waals surface area contributed by atoms with Gasteiger partial charge < -0.3 is 15.3 Å². The second kappa shape index (κ2) is 5.87. The normalized spacial score (nSPS) is 19.6. The van der Waals surface area contributed by atoms with Gasteiger partial charge in [0.05, 0.1) is 0 Å². The number of hydrogen-bond acceptors (Lipinski definition) is 4. The first kappa shape index (κ1) is 12.2. The third kappa shape index (κ3) is 2.88. The first-order valence-electron chi connectivity index (χ1n) is 6.36. The van der Waals surface area contributed by atoms with E-state index in [2.05, 4.69) is 27.3 Å². The number of nitrogens with zero attached hydrogens (tertiary/aromatic N) is 2. The van der Waals surface area contributed by atoms with Crippen molar-refractivity contribution in [1.82, 2.24) is 4.98 Å². The molecule has 2 N–H and O–H groups in total. The highest BCUT2D eigenvalue weighted by Crippen LogP contribution is 2.28. The van der Waals surface area contributed by atoms with Gasteiger partial charge in [-0.05, 0) is 31.7 Å². The van der Waals surface area contributed by atoms with Crippen molar-refractivity contribution < 1.29 is 5.11 Å². The summed E-state index contributed by atoms with van der Waals surface area (Å²) >= 11 is 0. The van der Waals surface area contributed by atoms with Crippen molar-refractivity contribution in [2.24, 2.45) is 0 Å². The van der Waals surface area contributed by atoms with Gasteiger partial charge in [-0.1, -0.05) is 0 Å². The van der Waals surface area contributed by atoms with E-state index in [9.17, 15) is 0 Å². The molecular weight excluding hydrogens is 214 g/mol. The predicted molar refractivity (Wildman–Crippen MR) is 70.5 cm³/mol. The lowest BCUT2D eigenvalue weighted by Crippen LogP contribution is -2.29. The average Bonchev–Trinajstić information content (AvgIpc) is 2.84. The van der Waals surface area contributed by atoms with Gasteiger partial charge >= 0.3 is 0 Å². The molecule has 1 aromatic heterocycles. The van der Waals surface area contributed by atoms with Crippen molar-refractivity contribution >= 4 is 11.5 Å². The largest absolute Gasteiger partial charge is 0.396 e. The zero-order valence-electron chi connectivity index (χ0n) is 10.4. The fraction of sp³-hybridized carbons (Fsp3) is 0.615. The lowest BCUT2D eigenvalue weighted by molar-refractivity contribution is 0.279. The maximum atomic E-state index is 8.93. The second-order valence-corrected chi connectivity index (χ2v) is 4.50. The van der Waals surface area contributed by atoms with E-state index >= 15 is 0 Å². The van der Waals surface area contributed by atoms with Crippen LogP contribution in [0.3, 0.4) is 0 Å². The zero-order valence-corrected chi connectivity index (χ0v) is 10.4. The molecule has 1 saturated heterocycles. The molecule has 17 heavy (non-hydrogen) atoms. The van der Waals surface area contributed by atoms with Crippen LogP contribution in [-0.4, -0.2) is 36.3 Å². The minimum absolute atomic E-state index is 0.294. The van der Waals surface area contributed by atoms with Gasteiger partial charge in [0, 0.05) is 44.2 Å². The van der Waals surface area contributed by atoms with E-state index in [1.807, 2.05) is 13.2 Å². The van der Waals surface area contributed by atoms with Gasteiger partial charge in [0.25, 0.3) is 0 Å². The van der Waals surface area contributed by atoms with Gasteiger partial charge in [-0.25, -0.2) is 4.98 Å². The van der Waals surface area contributed by atoms with Crippen LogP contribution in [0.5, 0.6) is 0 Å². The first-order chi connectivity index (χ1) is 8.35. The number of aliphatic hydroxyl groups is 1. The number of hydrogen-bond donors (Lipinski definition) is 2. The first-order valence-corrected chi connectivity index (χ1v) is 6.36. The summed E-state index contributed by atoms with van der Waals surface area (Å²) in [5.74, 6) is 0.912. The molecule has 0 radical (unpaired) electrons. The molecule has 0 amide bonds. The minimum Gasteiger partial charge on any atom is -0.396 e. The Balaban J connectivity index is 2.08. The summed E-state index contributed by atoms with van der Waals surface area (Å²) in [4.78, 5) is 6.68. The Morgan fingerprint density at radius 3 is 3.24 bits per heavy atom. The van der Waals surface area contributed by atoms with Crippen LogP contribution < -0.4 is 10.2 Å². The number of pyridine rings is 1. The van der Waals surface area contributed by atoms with Crippen molar-refractivity contribution in [1.29, 1.82) is 0 Å². The summed E-state index contributed by atoms with van der Waals surface area (Å²) in [5.41, 5.74) is 1.24. The summed E-state index contributed by atoms with van der Waals surface area (Å²) in [5, 5.41) is 12.0. The van der Waals surface area contributed by atoms with Gasteiger partial charge in [-0.2, -0.15) is 0 Å². The highest BCUT2D eigenvalue weighted by atomic mass is 16.2. The monoisotopic (exact) mass is 235 g/mol. The van der Waals surface area contributed by atoms with Crippen LogP contribution in [-0.2, 0) is 0 Å². The minimum atomic E-state index is 0.294. The van der Waals surface area contributed by atoms with Crippen molar-refractivity contribution in [2.75, 3.05) is 30.4 Å². The molecule has 1 aliphatic heterocycles. The lowest BCUT2D eigenvalue weighted by Gasteiger charge is -2.27. The molecular formula is C13H21N3O. The molecule has 0 aliphatic carbocycles. The Morgan fingerprint density at radius 1 is 1.59 bits per heavy atom. The third-order valence-corrected chi connectivity index (χ3v) is 3.40. The topological polar surface area (TPSA) is 48.4 Å². The van der Waals surface area contributed by atoms with Crippen LogP contribution in [0.2, 0.25) is 0 Å². The molecule has 1 unspecified atom stereocenters. The van der Waals surface area contributed by atoms with Crippen molar-refractivity contribution in [3.05, 3.63) is 18.3 Å². The predicted octanol–water partition coefficient (Wildman–Crippen LogP) is 1.86. The molecule has 0 bridgehead atoms. The van der Waals surface area contributed by atoms with Gasteiger partial charge in [-0.3, -0.25) is 0 Å². The Bertz CT molecular complexity index is 356. The smallest absolute Gasteiger partial charge is 0.127 e. The molecule has 94 valence electrons. The highest BCUT2D eigenvalue weighted by Gasteiger charge is 2.24. The molecule has 1 atom stereocenters.